The topological polar surface area (TPSA) is 113 Å². The van der Waals surface area contributed by atoms with Gasteiger partial charge in [-0.05, 0) is 55.7 Å². The fraction of sp³-hybridized carbons (Fsp3) is 0.417. The van der Waals surface area contributed by atoms with Crippen LogP contribution in [0.1, 0.15) is 39.2 Å². The highest BCUT2D eigenvalue weighted by Crippen LogP contribution is 2.30. The maximum absolute atomic E-state index is 13.8. The number of benzene rings is 2. The number of hydrogen-bond acceptors (Lipinski definition) is 8. The minimum absolute atomic E-state index is 0.304. The molecule has 4 rings (SSSR count). The molecule has 2 heterocycles. The largest absolute Gasteiger partial charge is 0.497 e. The molecule has 2 aromatic carbocycles. The van der Waals surface area contributed by atoms with E-state index in [1.807, 2.05) is 38.1 Å². The van der Waals surface area contributed by atoms with E-state index in [1.54, 1.807) is 25.3 Å². The van der Waals surface area contributed by atoms with Gasteiger partial charge in [-0.15, -0.1) is 0 Å². The Balaban J connectivity index is 1.62. The minimum Gasteiger partial charge on any atom is -0.497 e. The summed E-state index contributed by atoms with van der Waals surface area (Å²) >= 11 is 1.31. The smallest absolute Gasteiger partial charge is 0.246 e. The number of rotatable bonds is 8. The highest BCUT2D eigenvalue weighted by Gasteiger charge is 2.44. The van der Waals surface area contributed by atoms with E-state index in [-0.39, 0.29) is 18.6 Å². The van der Waals surface area contributed by atoms with Gasteiger partial charge in [0.05, 0.1) is 23.0 Å². The normalized spacial score (nSPS) is 20.3. The van der Waals surface area contributed by atoms with Gasteiger partial charge in [0.1, 0.15) is 17.5 Å². The van der Waals surface area contributed by atoms with Crippen LogP contribution in [0.3, 0.4) is 0 Å². The molecule has 0 radical (unpaired) electrons. The first-order chi connectivity index (χ1) is 16.6. The predicted octanol–water partition coefficient (Wildman–Crippen LogP) is 3.46. The molecular formula is C24H31N5O4S2. The second kappa shape index (κ2) is 10.1. The Bertz CT molecular complexity index is 1300. The van der Waals surface area contributed by atoms with E-state index < -0.39 is 21.2 Å². The molecule has 1 aliphatic rings. The van der Waals surface area contributed by atoms with Gasteiger partial charge in [-0.1, -0.05) is 37.3 Å². The summed E-state index contributed by atoms with van der Waals surface area (Å²) in [7, 11) is -2.30. The second-order valence-electron chi connectivity index (χ2n) is 9.03. The number of nitrogens with zero attached hydrogens (tertiary/aromatic N) is 2. The van der Waals surface area contributed by atoms with Gasteiger partial charge < -0.3 is 10.1 Å². The first kappa shape index (κ1) is 25.4. The van der Waals surface area contributed by atoms with Crippen LogP contribution in [0.5, 0.6) is 5.75 Å². The maximum atomic E-state index is 13.8. The van der Waals surface area contributed by atoms with Crippen molar-refractivity contribution in [1.82, 2.24) is 15.8 Å². The zero-order valence-corrected chi connectivity index (χ0v) is 22.0. The van der Waals surface area contributed by atoms with Crippen molar-refractivity contribution in [2.75, 3.05) is 23.3 Å². The summed E-state index contributed by atoms with van der Waals surface area (Å²) in [4.78, 5) is 17.5. The van der Waals surface area contributed by atoms with Crippen molar-refractivity contribution < 1.29 is 17.9 Å². The fourth-order valence-electron chi connectivity index (χ4n) is 4.25. The number of aromatic nitrogens is 1. The van der Waals surface area contributed by atoms with Crippen molar-refractivity contribution in [3.63, 3.8) is 0 Å². The van der Waals surface area contributed by atoms with Crippen molar-refractivity contribution >= 4 is 48.3 Å². The lowest BCUT2D eigenvalue weighted by Crippen LogP contribution is -2.49. The molecule has 1 amide bonds. The summed E-state index contributed by atoms with van der Waals surface area (Å²) in [5, 5.41) is 2.43. The summed E-state index contributed by atoms with van der Waals surface area (Å²) in [5.74, 6) is 0.535. The molecule has 1 fully saturated rings. The van der Waals surface area contributed by atoms with E-state index in [9.17, 15) is 13.2 Å². The van der Waals surface area contributed by atoms with Crippen LogP contribution in [0.4, 0.5) is 10.8 Å². The standard InChI is InChI=1S/C24H31N5O4S2/c1-14(2)17-6-8-18(9-7-17)29(35(31,32)23-15(3)27-28-16(23)4)13-22(30)26-24-25-20-11-10-19(33-5)12-21(20)34-24/h6-12,14-16,23,27-28H,13H2,1-5H3,(H,25,26,30). The molecule has 0 bridgehead atoms. The van der Waals surface area contributed by atoms with Crippen LogP contribution in [-0.4, -0.2) is 50.3 Å². The Hall–Kier alpha value is -2.73. The van der Waals surface area contributed by atoms with Crippen LogP contribution < -0.4 is 25.2 Å². The number of nitrogens with one attached hydrogen (secondary N) is 3. The van der Waals surface area contributed by atoms with Crippen LogP contribution in [0.25, 0.3) is 10.2 Å². The van der Waals surface area contributed by atoms with Crippen molar-refractivity contribution in [3.8, 4) is 5.75 Å². The average molecular weight is 518 g/mol. The molecule has 0 spiro atoms. The molecule has 1 saturated heterocycles. The van der Waals surface area contributed by atoms with Crippen molar-refractivity contribution in [2.45, 2.75) is 50.9 Å². The lowest BCUT2D eigenvalue weighted by atomic mass is 10.0. The summed E-state index contributed by atoms with van der Waals surface area (Å²) in [6.07, 6.45) is 0. The molecule has 1 aliphatic heterocycles. The molecule has 3 N–H and O–H groups in total. The molecule has 2 unspecified atom stereocenters. The third-order valence-electron chi connectivity index (χ3n) is 6.15. The molecule has 9 nitrogen and oxygen atoms in total. The van der Waals surface area contributed by atoms with Crippen LogP contribution in [0.2, 0.25) is 0 Å². The number of thiazole rings is 1. The van der Waals surface area contributed by atoms with Crippen molar-refractivity contribution in [2.24, 2.45) is 0 Å². The van der Waals surface area contributed by atoms with Crippen LogP contribution in [-0.2, 0) is 14.8 Å². The summed E-state index contributed by atoms with van der Waals surface area (Å²) in [6.45, 7) is 7.41. The minimum atomic E-state index is -3.89. The zero-order chi connectivity index (χ0) is 25.3. The number of carbonyl (C=O) groups excluding carboxylic acids is 1. The summed E-state index contributed by atoms with van der Waals surface area (Å²) in [5.41, 5.74) is 8.26. The van der Waals surface area contributed by atoms with Crippen LogP contribution in [0.15, 0.2) is 42.5 Å². The Labute approximate surface area is 209 Å². The van der Waals surface area contributed by atoms with E-state index >= 15 is 0 Å². The Morgan fingerprint density at radius 3 is 2.40 bits per heavy atom. The number of hydrazine groups is 1. The number of amides is 1. The van der Waals surface area contributed by atoms with E-state index in [1.165, 1.54) is 15.6 Å². The second-order valence-corrected chi connectivity index (χ2v) is 12.1. The number of fused-ring (bicyclic) bond motifs is 1. The Morgan fingerprint density at radius 2 is 1.80 bits per heavy atom. The quantitative estimate of drug-likeness (QED) is 0.419. The number of carbonyl (C=O) groups is 1. The van der Waals surface area contributed by atoms with Crippen LogP contribution >= 0.6 is 11.3 Å². The lowest BCUT2D eigenvalue weighted by molar-refractivity contribution is -0.114. The van der Waals surface area contributed by atoms with Gasteiger partial charge in [0.25, 0.3) is 0 Å². The zero-order valence-electron chi connectivity index (χ0n) is 20.4. The maximum Gasteiger partial charge on any atom is 0.246 e. The number of sulfonamides is 1. The third kappa shape index (κ3) is 5.27. The third-order valence-corrected chi connectivity index (χ3v) is 9.54. The fourth-order valence-corrected chi connectivity index (χ4v) is 7.34. The SMILES string of the molecule is COc1ccc2nc(NC(=O)CN(c3ccc(C(C)C)cc3)S(=O)(=O)C3C(C)NNC3C)sc2c1. The molecule has 1 aromatic heterocycles. The molecule has 188 valence electrons. The summed E-state index contributed by atoms with van der Waals surface area (Å²) < 4.78 is 34.9. The van der Waals surface area contributed by atoms with Crippen molar-refractivity contribution in [1.29, 1.82) is 0 Å². The Kier molecular flexibility index (Phi) is 7.32. The van der Waals surface area contributed by atoms with Crippen LogP contribution in [0, 0.1) is 0 Å². The van der Waals surface area contributed by atoms with Gasteiger partial charge in [0.2, 0.25) is 15.9 Å². The number of anilines is 2. The average Bonchev–Trinajstić information content (AvgIpc) is 3.38. The molecule has 2 atom stereocenters. The Morgan fingerprint density at radius 1 is 1.14 bits per heavy atom. The van der Waals surface area contributed by atoms with E-state index in [0.717, 1.165) is 15.8 Å². The number of methoxy groups -OCH3 is 1. The highest BCUT2D eigenvalue weighted by atomic mass is 32.2. The highest BCUT2D eigenvalue weighted by molar-refractivity contribution is 7.93. The molecule has 0 saturated carbocycles. The van der Waals surface area contributed by atoms with E-state index in [0.29, 0.717) is 22.5 Å². The van der Waals surface area contributed by atoms with Crippen molar-refractivity contribution in [3.05, 3.63) is 48.0 Å². The van der Waals surface area contributed by atoms with Gasteiger partial charge >= 0.3 is 0 Å². The molecular weight excluding hydrogens is 486 g/mol. The number of ether oxygens (including phenoxy) is 1. The number of hydrogen-bond donors (Lipinski definition) is 3. The van der Waals surface area contributed by atoms with E-state index in [2.05, 4.69) is 35.0 Å². The van der Waals surface area contributed by atoms with Gasteiger partial charge in [0.15, 0.2) is 5.13 Å². The monoisotopic (exact) mass is 517 g/mol. The van der Waals surface area contributed by atoms with Gasteiger partial charge in [-0.2, -0.15) is 0 Å². The predicted molar refractivity (Wildman–Crippen MR) is 141 cm³/mol. The molecule has 11 heteroatoms. The first-order valence-electron chi connectivity index (χ1n) is 11.5. The van der Waals surface area contributed by atoms with Gasteiger partial charge in [0, 0.05) is 12.1 Å². The van der Waals surface area contributed by atoms with Gasteiger partial charge in [-0.3, -0.25) is 20.0 Å². The molecule has 0 aliphatic carbocycles. The van der Waals surface area contributed by atoms with E-state index in [4.69, 9.17) is 4.74 Å². The first-order valence-corrected chi connectivity index (χ1v) is 13.8. The van der Waals surface area contributed by atoms with Gasteiger partial charge in [-0.25, -0.2) is 13.4 Å². The lowest BCUT2D eigenvalue weighted by Gasteiger charge is -2.30. The summed E-state index contributed by atoms with van der Waals surface area (Å²) in [6, 6.07) is 12.1. The molecule has 35 heavy (non-hydrogen) atoms. The molecule has 3 aromatic rings.